The molecule has 1 aliphatic heterocycles. The molecule has 2 aromatic rings. The van der Waals surface area contributed by atoms with Crippen LogP contribution in [0.4, 0.5) is 5.69 Å². The third-order valence-electron chi connectivity index (χ3n) is 3.45. The third-order valence-corrected chi connectivity index (χ3v) is 4.69. The number of primary sulfonamides is 1. The molecule has 1 saturated heterocycles. The van der Waals surface area contributed by atoms with E-state index in [2.05, 4.69) is 4.98 Å². The van der Waals surface area contributed by atoms with Gasteiger partial charge in [-0.1, -0.05) is 0 Å². The number of sulfonamides is 1. The van der Waals surface area contributed by atoms with Gasteiger partial charge in [0, 0.05) is 24.2 Å². The van der Waals surface area contributed by atoms with Crippen molar-refractivity contribution in [2.24, 2.45) is 5.14 Å². The van der Waals surface area contributed by atoms with Crippen LogP contribution in [0.15, 0.2) is 41.3 Å². The Morgan fingerprint density at radius 1 is 1.29 bits per heavy atom. The number of hydrogen-bond acceptors (Lipinski definition) is 5. The summed E-state index contributed by atoms with van der Waals surface area (Å²) in [6.07, 6.45) is 2.85. The predicted octanol–water partition coefficient (Wildman–Crippen LogP) is 0.735. The van der Waals surface area contributed by atoms with Crippen molar-refractivity contribution in [1.29, 1.82) is 0 Å². The Hall–Kier alpha value is -2.19. The summed E-state index contributed by atoms with van der Waals surface area (Å²) in [5.41, 5.74) is 1.46. The van der Waals surface area contributed by atoms with E-state index >= 15 is 0 Å². The predicted molar refractivity (Wildman–Crippen MR) is 75.8 cm³/mol. The lowest BCUT2D eigenvalue weighted by Crippen LogP contribution is -2.32. The first kappa shape index (κ1) is 13.8. The van der Waals surface area contributed by atoms with Gasteiger partial charge in [0.1, 0.15) is 5.25 Å². The molecule has 2 heterocycles. The van der Waals surface area contributed by atoms with Crippen LogP contribution in [0.25, 0.3) is 11.3 Å². The molecule has 1 fully saturated rings. The number of oxazole rings is 1. The number of nitrogens with zero attached hydrogens (tertiary/aromatic N) is 2. The summed E-state index contributed by atoms with van der Waals surface area (Å²) in [6.45, 7) is 0.0827. The topological polar surface area (TPSA) is 106 Å². The number of nitrogens with two attached hydrogens (primary N) is 1. The van der Waals surface area contributed by atoms with Gasteiger partial charge in [-0.2, -0.15) is 0 Å². The molecule has 0 radical (unpaired) electrons. The van der Waals surface area contributed by atoms with Crippen molar-refractivity contribution in [1.82, 2.24) is 4.98 Å². The summed E-state index contributed by atoms with van der Waals surface area (Å²) in [7, 11) is -3.71. The average molecular weight is 307 g/mol. The number of carbonyl (C=O) groups excluding carboxylic acids is 1. The molecule has 0 spiro atoms. The van der Waals surface area contributed by atoms with E-state index in [0.29, 0.717) is 11.4 Å². The van der Waals surface area contributed by atoms with E-state index in [0.717, 1.165) is 5.56 Å². The molecule has 110 valence electrons. The molecular formula is C13H13N3O4S. The highest BCUT2D eigenvalue weighted by molar-refractivity contribution is 7.89. The van der Waals surface area contributed by atoms with Crippen molar-refractivity contribution in [3.05, 3.63) is 36.9 Å². The summed E-state index contributed by atoms with van der Waals surface area (Å²) in [5.74, 6) is 0.373. The van der Waals surface area contributed by atoms with Crippen molar-refractivity contribution < 1.29 is 17.6 Å². The fourth-order valence-electron chi connectivity index (χ4n) is 2.31. The van der Waals surface area contributed by atoms with Crippen molar-refractivity contribution >= 4 is 21.6 Å². The Morgan fingerprint density at radius 2 is 2.00 bits per heavy atom. The molecule has 0 bridgehead atoms. The number of anilines is 1. The minimum Gasteiger partial charge on any atom is -0.444 e. The fourth-order valence-corrected chi connectivity index (χ4v) is 3.04. The van der Waals surface area contributed by atoms with Gasteiger partial charge in [-0.15, -0.1) is 0 Å². The van der Waals surface area contributed by atoms with Crippen LogP contribution in [-0.2, 0) is 14.8 Å². The molecule has 2 N–H and O–H groups in total. The van der Waals surface area contributed by atoms with E-state index in [9.17, 15) is 13.2 Å². The lowest BCUT2D eigenvalue weighted by molar-refractivity contribution is -0.117. The van der Waals surface area contributed by atoms with Crippen LogP contribution in [0.1, 0.15) is 6.42 Å². The Balaban J connectivity index is 1.83. The van der Waals surface area contributed by atoms with Crippen LogP contribution in [0, 0.1) is 0 Å². The summed E-state index contributed by atoms with van der Waals surface area (Å²) < 4.78 is 27.9. The summed E-state index contributed by atoms with van der Waals surface area (Å²) in [5, 5.41) is 4.26. The number of aromatic nitrogens is 1. The van der Waals surface area contributed by atoms with Crippen LogP contribution in [0.3, 0.4) is 0 Å². The van der Waals surface area contributed by atoms with Gasteiger partial charge in [-0.25, -0.2) is 18.5 Å². The molecule has 1 aromatic heterocycles. The molecule has 0 aliphatic carbocycles. The number of carbonyl (C=O) groups is 1. The van der Waals surface area contributed by atoms with Gasteiger partial charge in [-0.3, -0.25) is 4.79 Å². The van der Waals surface area contributed by atoms with Crippen molar-refractivity contribution in [3.63, 3.8) is 0 Å². The van der Waals surface area contributed by atoms with Crippen LogP contribution >= 0.6 is 0 Å². The maximum atomic E-state index is 11.9. The monoisotopic (exact) mass is 307 g/mol. The lowest BCUT2D eigenvalue weighted by atomic mass is 10.1. The van der Waals surface area contributed by atoms with Gasteiger partial charge in [0.25, 0.3) is 0 Å². The van der Waals surface area contributed by atoms with E-state index in [-0.39, 0.29) is 18.9 Å². The van der Waals surface area contributed by atoms with E-state index in [1.165, 1.54) is 11.3 Å². The maximum absolute atomic E-state index is 11.9. The average Bonchev–Trinajstić information content (AvgIpc) is 3.07. The van der Waals surface area contributed by atoms with Crippen molar-refractivity contribution in [3.8, 4) is 11.3 Å². The van der Waals surface area contributed by atoms with Gasteiger partial charge in [0.2, 0.25) is 15.9 Å². The minimum atomic E-state index is -3.71. The Kier molecular flexibility index (Phi) is 3.26. The number of amides is 1. The van der Waals surface area contributed by atoms with Gasteiger partial charge in [0.15, 0.2) is 12.2 Å². The molecule has 3 rings (SSSR count). The summed E-state index contributed by atoms with van der Waals surface area (Å²) in [4.78, 5) is 17.2. The van der Waals surface area contributed by atoms with Gasteiger partial charge in [-0.05, 0) is 24.3 Å². The number of benzene rings is 1. The van der Waals surface area contributed by atoms with Gasteiger partial charge in [0.05, 0.1) is 6.20 Å². The molecule has 21 heavy (non-hydrogen) atoms. The maximum Gasteiger partial charge on any atom is 0.228 e. The number of hydrogen-bond donors (Lipinski definition) is 1. The summed E-state index contributed by atoms with van der Waals surface area (Å²) in [6, 6.07) is 7.04. The first-order chi connectivity index (χ1) is 9.95. The second-order valence-corrected chi connectivity index (χ2v) is 6.68. The quantitative estimate of drug-likeness (QED) is 0.900. The molecule has 8 heteroatoms. The van der Waals surface area contributed by atoms with Crippen LogP contribution in [0.5, 0.6) is 0 Å². The molecule has 7 nitrogen and oxygen atoms in total. The van der Waals surface area contributed by atoms with E-state index < -0.39 is 15.3 Å². The van der Waals surface area contributed by atoms with Crippen LogP contribution < -0.4 is 10.0 Å². The molecule has 1 atom stereocenters. The lowest BCUT2D eigenvalue weighted by Gasteiger charge is -2.16. The Morgan fingerprint density at radius 3 is 2.52 bits per heavy atom. The summed E-state index contributed by atoms with van der Waals surface area (Å²) >= 11 is 0. The highest BCUT2D eigenvalue weighted by Crippen LogP contribution is 2.27. The molecule has 1 aliphatic rings. The molecule has 0 saturated carbocycles. The SMILES string of the molecule is NS(=O)(=O)C1CC(=O)N(c2ccc(-c3cnco3)cc2)C1. The molecule has 1 amide bonds. The molecule has 1 unspecified atom stereocenters. The van der Waals surface area contributed by atoms with Crippen molar-refractivity contribution in [2.45, 2.75) is 11.7 Å². The normalized spacial score (nSPS) is 19.2. The molecule has 1 aromatic carbocycles. The standard InChI is InChI=1S/C13H13N3O4S/c14-21(18,19)11-5-13(17)16(7-11)10-3-1-9(2-4-10)12-6-15-8-20-12/h1-4,6,8,11H,5,7H2,(H2,14,18,19). The second-order valence-electron chi connectivity index (χ2n) is 4.83. The number of rotatable bonds is 3. The van der Waals surface area contributed by atoms with Crippen LogP contribution in [-0.4, -0.2) is 31.1 Å². The highest BCUT2D eigenvalue weighted by atomic mass is 32.2. The highest BCUT2D eigenvalue weighted by Gasteiger charge is 2.37. The Bertz CT molecular complexity index is 753. The zero-order valence-corrected chi connectivity index (χ0v) is 11.8. The van der Waals surface area contributed by atoms with Gasteiger partial charge >= 0.3 is 0 Å². The smallest absolute Gasteiger partial charge is 0.228 e. The van der Waals surface area contributed by atoms with E-state index in [4.69, 9.17) is 9.56 Å². The van der Waals surface area contributed by atoms with E-state index in [1.54, 1.807) is 30.5 Å². The van der Waals surface area contributed by atoms with Crippen molar-refractivity contribution in [2.75, 3.05) is 11.4 Å². The fraction of sp³-hybridized carbons (Fsp3) is 0.231. The van der Waals surface area contributed by atoms with E-state index in [1.807, 2.05) is 0 Å². The Labute approximate surface area is 121 Å². The first-order valence-corrected chi connectivity index (χ1v) is 7.87. The first-order valence-electron chi connectivity index (χ1n) is 6.26. The zero-order chi connectivity index (χ0) is 15.0. The van der Waals surface area contributed by atoms with Crippen LogP contribution in [0.2, 0.25) is 0 Å². The minimum absolute atomic E-state index is 0.0807. The van der Waals surface area contributed by atoms with Gasteiger partial charge < -0.3 is 9.32 Å². The third kappa shape index (κ3) is 2.67. The second kappa shape index (κ2) is 4.97. The largest absolute Gasteiger partial charge is 0.444 e. The molecular weight excluding hydrogens is 294 g/mol. The zero-order valence-electron chi connectivity index (χ0n) is 11.0.